The number of primary amides is 1. The number of amides is 2. The van der Waals surface area contributed by atoms with Gasteiger partial charge in [-0.05, 0) is 48.2 Å². The molecule has 4 aromatic rings. The van der Waals surface area contributed by atoms with Gasteiger partial charge in [0.15, 0.2) is 11.9 Å². The van der Waals surface area contributed by atoms with Gasteiger partial charge in [-0.15, -0.1) is 0 Å². The number of aromatic nitrogens is 3. The highest BCUT2D eigenvalue weighted by Crippen LogP contribution is 2.28. The zero-order valence-electron chi connectivity index (χ0n) is 20.6. The third kappa shape index (κ3) is 5.13. The number of nitrogens with zero attached hydrogens (tertiary/aromatic N) is 5. The van der Waals surface area contributed by atoms with Crippen molar-refractivity contribution in [2.75, 3.05) is 11.4 Å². The number of aliphatic hydroxyl groups is 1. The normalized spacial score (nSPS) is 14.1. The van der Waals surface area contributed by atoms with E-state index in [1.807, 2.05) is 18.2 Å². The average molecular weight is 512 g/mol. The summed E-state index contributed by atoms with van der Waals surface area (Å²) in [7, 11) is 0. The van der Waals surface area contributed by atoms with Crippen LogP contribution in [0.5, 0.6) is 0 Å². The first-order chi connectivity index (χ1) is 18.4. The molecule has 0 spiro atoms. The van der Waals surface area contributed by atoms with E-state index < -0.39 is 24.0 Å². The molecule has 0 fully saturated rings. The molecular formula is C28H27N6O4-. The highest BCUT2D eigenvalue weighted by Gasteiger charge is 2.30. The van der Waals surface area contributed by atoms with Crippen LogP contribution in [0.15, 0.2) is 85.2 Å². The van der Waals surface area contributed by atoms with Gasteiger partial charge in [-0.25, -0.2) is 9.67 Å². The van der Waals surface area contributed by atoms with Gasteiger partial charge in [0, 0.05) is 24.6 Å². The average Bonchev–Trinajstić information content (AvgIpc) is 3.58. The van der Waals surface area contributed by atoms with Gasteiger partial charge in [0.25, 0.3) is 0 Å². The Morgan fingerprint density at radius 3 is 2.61 bits per heavy atom. The number of carbonyl (C=O) groups excluding carboxylic acids is 2. The number of hydroxylamine groups is 2. The standard InChI is InChI=1S/C28H27N6O4/c29-26(36)25(35)24(17-19-7-2-1-3-8-19)34(38)28(37)22-10-6-14-30-27(22)33-16-13-21(31-33)18-32-15-12-20-9-4-5-11-23(20)32/h1-11,13-14,16,24-25,35H,12,15,17-18H2,(H2,29,36)/q-1. The lowest BCUT2D eigenvalue weighted by atomic mass is 10.00. The maximum Gasteiger partial charge on any atom is 0.248 e. The maximum absolute atomic E-state index is 13.4. The van der Waals surface area contributed by atoms with Gasteiger partial charge >= 0.3 is 0 Å². The predicted octanol–water partition coefficient (Wildman–Crippen LogP) is 2.23. The number of pyridine rings is 1. The van der Waals surface area contributed by atoms with Crippen LogP contribution in [0.3, 0.4) is 0 Å². The highest BCUT2D eigenvalue weighted by molar-refractivity contribution is 5.98. The number of anilines is 1. The van der Waals surface area contributed by atoms with E-state index in [0.29, 0.717) is 12.1 Å². The first-order valence-corrected chi connectivity index (χ1v) is 12.3. The van der Waals surface area contributed by atoms with Gasteiger partial charge in [-0.1, -0.05) is 48.5 Å². The van der Waals surface area contributed by atoms with Gasteiger partial charge in [0.2, 0.25) is 11.8 Å². The van der Waals surface area contributed by atoms with Crippen molar-refractivity contribution in [3.05, 3.63) is 113 Å². The molecule has 0 saturated heterocycles. The molecule has 194 valence electrons. The molecule has 10 nitrogen and oxygen atoms in total. The molecule has 3 N–H and O–H groups in total. The second-order valence-electron chi connectivity index (χ2n) is 9.16. The van der Waals surface area contributed by atoms with Crippen LogP contribution in [0, 0.1) is 5.21 Å². The topological polar surface area (TPSA) is 141 Å². The van der Waals surface area contributed by atoms with Crippen molar-refractivity contribution in [1.82, 2.24) is 19.8 Å². The van der Waals surface area contributed by atoms with Crippen molar-refractivity contribution in [2.45, 2.75) is 31.5 Å². The number of aliphatic hydroxyl groups excluding tert-OH is 1. The number of nitrogens with two attached hydrogens (primary N) is 1. The minimum absolute atomic E-state index is 0.0154. The van der Waals surface area contributed by atoms with Crippen molar-refractivity contribution >= 4 is 17.5 Å². The van der Waals surface area contributed by atoms with Crippen LogP contribution in [0.2, 0.25) is 0 Å². The summed E-state index contributed by atoms with van der Waals surface area (Å²) < 4.78 is 1.45. The Morgan fingerprint density at radius 2 is 1.82 bits per heavy atom. The van der Waals surface area contributed by atoms with E-state index in [9.17, 15) is 19.9 Å². The smallest absolute Gasteiger partial charge is 0.248 e. The lowest BCUT2D eigenvalue weighted by Crippen LogP contribution is -2.50. The third-order valence-electron chi connectivity index (χ3n) is 6.66. The zero-order chi connectivity index (χ0) is 26.6. The lowest BCUT2D eigenvalue weighted by molar-refractivity contribution is -0.128. The van der Waals surface area contributed by atoms with E-state index in [1.165, 1.54) is 34.3 Å². The van der Waals surface area contributed by atoms with Crippen LogP contribution >= 0.6 is 0 Å². The first kappa shape index (κ1) is 25.1. The molecular weight excluding hydrogens is 484 g/mol. The van der Waals surface area contributed by atoms with Crippen LogP contribution in [0.4, 0.5) is 5.69 Å². The molecule has 38 heavy (non-hydrogen) atoms. The summed E-state index contributed by atoms with van der Waals surface area (Å²) in [5.74, 6) is -1.88. The summed E-state index contributed by atoms with van der Waals surface area (Å²) in [6.45, 7) is 1.47. The number of fused-ring (bicyclic) bond motifs is 1. The van der Waals surface area contributed by atoms with Crippen molar-refractivity contribution < 1.29 is 14.7 Å². The number of para-hydroxylation sites is 1. The third-order valence-corrected chi connectivity index (χ3v) is 6.66. The zero-order valence-corrected chi connectivity index (χ0v) is 20.6. The summed E-state index contributed by atoms with van der Waals surface area (Å²) in [6.07, 6.45) is 2.25. The molecule has 5 rings (SSSR count). The fraction of sp³-hybridized carbons (Fsp3) is 0.214. The maximum atomic E-state index is 13.4. The Labute approximate surface area is 219 Å². The Morgan fingerprint density at radius 1 is 1.05 bits per heavy atom. The number of rotatable bonds is 9. The molecule has 2 unspecified atom stereocenters. The van der Waals surface area contributed by atoms with Crippen molar-refractivity contribution in [1.29, 1.82) is 0 Å². The number of hydrogen-bond acceptors (Lipinski definition) is 7. The van der Waals surface area contributed by atoms with Crippen LogP contribution in [-0.4, -0.2) is 55.4 Å². The number of carbonyl (C=O) groups is 2. The molecule has 2 atom stereocenters. The minimum atomic E-state index is -1.85. The number of hydrogen-bond donors (Lipinski definition) is 2. The molecule has 1 aliphatic heterocycles. The minimum Gasteiger partial charge on any atom is -0.756 e. The second-order valence-corrected chi connectivity index (χ2v) is 9.16. The van der Waals surface area contributed by atoms with Gasteiger partial charge in [-0.2, -0.15) is 5.10 Å². The highest BCUT2D eigenvalue weighted by atomic mass is 16.5. The summed E-state index contributed by atoms with van der Waals surface area (Å²) in [5.41, 5.74) is 9.19. The molecule has 10 heteroatoms. The monoisotopic (exact) mass is 511 g/mol. The van der Waals surface area contributed by atoms with Crippen LogP contribution < -0.4 is 10.6 Å². The second kappa shape index (κ2) is 10.8. The SMILES string of the molecule is NC(=O)C(O)C(Cc1ccccc1)N([O-])C(=O)c1cccnc1-n1ccc(CN2CCc3ccccc32)n1. The Bertz CT molecular complexity index is 1440. The molecule has 2 amide bonds. The quantitative estimate of drug-likeness (QED) is 0.328. The summed E-state index contributed by atoms with van der Waals surface area (Å²) >= 11 is 0. The van der Waals surface area contributed by atoms with Gasteiger partial charge < -0.3 is 26.0 Å². The molecule has 0 saturated carbocycles. The van der Waals surface area contributed by atoms with Crippen LogP contribution in [-0.2, 0) is 24.2 Å². The van der Waals surface area contributed by atoms with Crippen molar-refractivity contribution in [3.8, 4) is 5.82 Å². The predicted molar refractivity (Wildman–Crippen MR) is 141 cm³/mol. The van der Waals surface area contributed by atoms with E-state index in [0.717, 1.165) is 18.7 Å². The molecule has 1 aliphatic rings. The summed E-state index contributed by atoms with van der Waals surface area (Å²) in [5, 5.41) is 28.4. The van der Waals surface area contributed by atoms with E-state index in [-0.39, 0.29) is 22.9 Å². The molecule has 0 radical (unpaired) electrons. The van der Waals surface area contributed by atoms with E-state index in [1.54, 1.807) is 36.5 Å². The molecule has 0 bridgehead atoms. The number of benzene rings is 2. The summed E-state index contributed by atoms with van der Waals surface area (Å²) in [4.78, 5) is 31.7. The van der Waals surface area contributed by atoms with E-state index in [2.05, 4.69) is 27.1 Å². The van der Waals surface area contributed by atoms with Crippen LogP contribution in [0.1, 0.15) is 27.2 Å². The molecule has 2 aromatic carbocycles. The van der Waals surface area contributed by atoms with Gasteiger partial charge in [0.05, 0.1) is 23.8 Å². The lowest BCUT2D eigenvalue weighted by Gasteiger charge is -2.39. The fourth-order valence-electron chi connectivity index (χ4n) is 4.71. The van der Waals surface area contributed by atoms with Gasteiger partial charge in [-0.3, -0.25) is 9.59 Å². The first-order valence-electron chi connectivity index (χ1n) is 12.3. The molecule has 2 aromatic heterocycles. The van der Waals surface area contributed by atoms with E-state index >= 15 is 0 Å². The van der Waals surface area contributed by atoms with E-state index in [4.69, 9.17) is 5.73 Å². The molecule has 3 heterocycles. The summed E-state index contributed by atoms with van der Waals surface area (Å²) in [6, 6.07) is 20.5. The fourth-order valence-corrected chi connectivity index (χ4v) is 4.71. The largest absolute Gasteiger partial charge is 0.756 e. The Kier molecular flexibility index (Phi) is 7.16. The Hall–Kier alpha value is -4.54. The Balaban J connectivity index is 1.39. The van der Waals surface area contributed by atoms with Crippen molar-refractivity contribution in [3.63, 3.8) is 0 Å². The van der Waals surface area contributed by atoms with Crippen LogP contribution in [0.25, 0.3) is 5.82 Å². The van der Waals surface area contributed by atoms with Gasteiger partial charge in [0.1, 0.15) is 0 Å². The molecule has 0 aliphatic carbocycles. The van der Waals surface area contributed by atoms with Crippen molar-refractivity contribution in [2.24, 2.45) is 5.73 Å².